The average Bonchev–Trinajstić information content (AvgIpc) is 3.00. The first kappa shape index (κ1) is 16.0. The number of benzene rings is 1. The number of aryl methyl sites for hydroxylation is 1. The molecule has 0 bridgehead atoms. The molecule has 1 fully saturated rings. The lowest BCUT2D eigenvalue weighted by molar-refractivity contribution is -0.136. The van der Waals surface area contributed by atoms with Gasteiger partial charge in [-0.15, -0.1) is 0 Å². The summed E-state index contributed by atoms with van der Waals surface area (Å²) in [4.78, 5) is 28.4. The van der Waals surface area contributed by atoms with Crippen LogP contribution in [0.5, 0.6) is 0 Å². The van der Waals surface area contributed by atoms with E-state index in [4.69, 9.17) is 0 Å². The number of carbonyl (C=O) groups excluding carboxylic acids is 2. The number of amides is 2. The van der Waals surface area contributed by atoms with Crippen molar-refractivity contribution in [1.82, 2.24) is 4.90 Å². The number of hydrogen-bond acceptors (Lipinski definition) is 3. The highest BCUT2D eigenvalue weighted by Gasteiger charge is 2.39. The minimum Gasteiger partial charge on any atom is -0.388 e. The lowest BCUT2D eigenvalue weighted by Gasteiger charge is -2.36. The molecular weight excluding hydrogens is 292 g/mol. The molecule has 2 aliphatic heterocycles. The largest absolute Gasteiger partial charge is 0.388 e. The molecule has 0 saturated carbocycles. The number of aliphatic hydroxyl groups is 1. The fourth-order valence-electron chi connectivity index (χ4n) is 3.70. The topological polar surface area (TPSA) is 60.9 Å². The van der Waals surface area contributed by atoms with Gasteiger partial charge in [-0.25, -0.2) is 0 Å². The van der Waals surface area contributed by atoms with Crippen LogP contribution >= 0.6 is 0 Å². The van der Waals surface area contributed by atoms with Crippen molar-refractivity contribution in [3.8, 4) is 0 Å². The SMILES string of the molecule is CC(C)(O)C1CCCN1C(=O)CN1C(=O)CCc2ccccc21. The molecule has 2 amide bonds. The Balaban J connectivity index is 1.79. The number of hydrogen-bond donors (Lipinski definition) is 1. The highest BCUT2D eigenvalue weighted by molar-refractivity contribution is 6.01. The van der Waals surface area contributed by atoms with Gasteiger partial charge in [0, 0.05) is 18.7 Å². The van der Waals surface area contributed by atoms with Gasteiger partial charge in [-0.3, -0.25) is 9.59 Å². The molecule has 0 radical (unpaired) electrons. The lowest BCUT2D eigenvalue weighted by Crippen LogP contribution is -2.52. The predicted octanol–water partition coefficient (Wildman–Crippen LogP) is 1.73. The summed E-state index contributed by atoms with van der Waals surface area (Å²) in [6.45, 7) is 4.19. The number of fused-ring (bicyclic) bond motifs is 1. The summed E-state index contributed by atoms with van der Waals surface area (Å²) >= 11 is 0. The number of anilines is 1. The van der Waals surface area contributed by atoms with Crippen molar-refractivity contribution in [3.63, 3.8) is 0 Å². The second-order valence-electron chi connectivity index (χ2n) is 7.01. The number of rotatable bonds is 3. The van der Waals surface area contributed by atoms with E-state index in [0.29, 0.717) is 13.0 Å². The fourth-order valence-corrected chi connectivity index (χ4v) is 3.70. The van der Waals surface area contributed by atoms with Gasteiger partial charge in [-0.05, 0) is 44.7 Å². The normalized spacial score (nSPS) is 21.5. The molecule has 1 aromatic carbocycles. The van der Waals surface area contributed by atoms with E-state index < -0.39 is 5.60 Å². The third-order valence-corrected chi connectivity index (χ3v) is 4.87. The average molecular weight is 316 g/mol. The van der Waals surface area contributed by atoms with E-state index >= 15 is 0 Å². The van der Waals surface area contributed by atoms with Crippen LogP contribution < -0.4 is 4.90 Å². The van der Waals surface area contributed by atoms with E-state index in [-0.39, 0.29) is 24.4 Å². The van der Waals surface area contributed by atoms with Crippen LogP contribution in [-0.2, 0) is 16.0 Å². The molecule has 3 rings (SSSR count). The smallest absolute Gasteiger partial charge is 0.242 e. The molecule has 1 aromatic rings. The van der Waals surface area contributed by atoms with Crippen molar-refractivity contribution >= 4 is 17.5 Å². The second kappa shape index (κ2) is 5.96. The molecular formula is C18H24N2O3. The van der Waals surface area contributed by atoms with Crippen LogP contribution in [0.4, 0.5) is 5.69 Å². The molecule has 124 valence electrons. The molecule has 23 heavy (non-hydrogen) atoms. The quantitative estimate of drug-likeness (QED) is 0.924. The van der Waals surface area contributed by atoms with Crippen LogP contribution in [-0.4, -0.2) is 46.6 Å². The van der Waals surface area contributed by atoms with Crippen molar-refractivity contribution in [2.75, 3.05) is 18.0 Å². The molecule has 5 nitrogen and oxygen atoms in total. The summed E-state index contributed by atoms with van der Waals surface area (Å²) < 4.78 is 0. The van der Waals surface area contributed by atoms with Crippen LogP contribution in [0, 0.1) is 0 Å². The van der Waals surface area contributed by atoms with Crippen LogP contribution in [0.1, 0.15) is 38.7 Å². The summed E-state index contributed by atoms with van der Waals surface area (Å²) in [5, 5.41) is 10.3. The maximum atomic E-state index is 12.7. The van der Waals surface area contributed by atoms with E-state index in [1.54, 1.807) is 23.6 Å². The van der Waals surface area contributed by atoms with E-state index in [1.165, 1.54) is 0 Å². The first-order valence-corrected chi connectivity index (χ1v) is 8.28. The standard InChI is InChI=1S/C18H24N2O3/c1-18(2,23)15-8-5-11-19(15)17(22)12-20-14-7-4-3-6-13(14)9-10-16(20)21/h3-4,6-7,15,23H,5,8-12H2,1-2H3. The Morgan fingerprint density at radius 1 is 1.30 bits per heavy atom. The third-order valence-electron chi connectivity index (χ3n) is 4.87. The Morgan fingerprint density at radius 2 is 2.04 bits per heavy atom. The molecule has 5 heteroatoms. The molecule has 0 aromatic heterocycles. The van der Waals surface area contributed by atoms with Crippen LogP contribution in [0.3, 0.4) is 0 Å². The summed E-state index contributed by atoms with van der Waals surface area (Å²) in [7, 11) is 0. The molecule has 1 N–H and O–H groups in total. The zero-order valence-electron chi connectivity index (χ0n) is 13.8. The predicted molar refractivity (Wildman–Crippen MR) is 88.1 cm³/mol. The summed E-state index contributed by atoms with van der Waals surface area (Å²) in [5.74, 6) is -0.0873. The minimum atomic E-state index is -0.921. The van der Waals surface area contributed by atoms with Gasteiger partial charge in [0.1, 0.15) is 6.54 Å². The van der Waals surface area contributed by atoms with Crippen molar-refractivity contribution < 1.29 is 14.7 Å². The summed E-state index contributed by atoms with van der Waals surface area (Å²) in [6.07, 6.45) is 2.87. The van der Waals surface area contributed by atoms with E-state index in [0.717, 1.165) is 30.5 Å². The van der Waals surface area contributed by atoms with Gasteiger partial charge in [0.05, 0.1) is 11.6 Å². The monoisotopic (exact) mass is 316 g/mol. The number of carbonyl (C=O) groups is 2. The van der Waals surface area contributed by atoms with Crippen LogP contribution in [0.2, 0.25) is 0 Å². The van der Waals surface area contributed by atoms with Crippen LogP contribution in [0.15, 0.2) is 24.3 Å². The van der Waals surface area contributed by atoms with Crippen molar-refractivity contribution in [3.05, 3.63) is 29.8 Å². The second-order valence-corrected chi connectivity index (χ2v) is 7.01. The summed E-state index contributed by atoms with van der Waals surface area (Å²) in [6, 6.07) is 7.58. The molecule has 0 aliphatic carbocycles. The Morgan fingerprint density at radius 3 is 2.78 bits per heavy atom. The molecule has 1 saturated heterocycles. The molecule has 1 unspecified atom stereocenters. The Labute approximate surface area is 136 Å². The van der Waals surface area contributed by atoms with Crippen LogP contribution in [0.25, 0.3) is 0 Å². The van der Waals surface area contributed by atoms with E-state index in [9.17, 15) is 14.7 Å². The molecule has 1 atom stereocenters. The maximum Gasteiger partial charge on any atom is 0.242 e. The summed E-state index contributed by atoms with van der Waals surface area (Å²) in [5.41, 5.74) is 1.03. The van der Waals surface area contributed by atoms with Crippen molar-refractivity contribution in [2.45, 2.75) is 51.2 Å². The van der Waals surface area contributed by atoms with Gasteiger partial charge in [0.15, 0.2) is 0 Å². The molecule has 2 heterocycles. The number of para-hydroxylation sites is 1. The highest BCUT2D eigenvalue weighted by atomic mass is 16.3. The van der Waals surface area contributed by atoms with Crippen molar-refractivity contribution in [1.29, 1.82) is 0 Å². The Kier molecular flexibility index (Phi) is 4.15. The lowest BCUT2D eigenvalue weighted by atomic mass is 9.96. The van der Waals surface area contributed by atoms with E-state index in [1.807, 2.05) is 24.3 Å². The van der Waals surface area contributed by atoms with Gasteiger partial charge in [-0.1, -0.05) is 18.2 Å². The zero-order chi connectivity index (χ0) is 16.6. The fraction of sp³-hybridized carbons (Fsp3) is 0.556. The van der Waals surface area contributed by atoms with Crippen molar-refractivity contribution in [2.24, 2.45) is 0 Å². The molecule has 2 aliphatic rings. The maximum absolute atomic E-state index is 12.7. The van der Waals surface area contributed by atoms with Gasteiger partial charge in [-0.2, -0.15) is 0 Å². The first-order chi connectivity index (χ1) is 10.9. The van der Waals surface area contributed by atoms with Gasteiger partial charge in [0.25, 0.3) is 0 Å². The zero-order valence-corrected chi connectivity index (χ0v) is 13.8. The Hall–Kier alpha value is -1.88. The van der Waals surface area contributed by atoms with E-state index in [2.05, 4.69) is 0 Å². The number of nitrogens with zero attached hydrogens (tertiary/aromatic N) is 2. The molecule has 0 spiro atoms. The van der Waals surface area contributed by atoms with Gasteiger partial charge < -0.3 is 14.9 Å². The van der Waals surface area contributed by atoms with Gasteiger partial charge in [0.2, 0.25) is 11.8 Å². The highest BCUT2D eigenvalue weighted by Crippen LogP contribution is 2.30. The minimum absolute atomic E-state index is 0.00365. The Bertz CT molecular complexity index is 621. The number of likely N-dealkylation sites (tertiary alicyclic amines) is 1. The first-order valence-electron chi connectivity index (χ1n) is 8.28. The third kappa shape index (κ3) is 3.11. The van der Waals surface area contributed by atoms with Gasteiger partial charge >= 0.3 is 0 Å².